The molecule has 0 spiro atoms. The molecule has 2 amide bonds. The zero-order chi connectivity index (χ0) is 23.7. The summed E-state index contributed by atoms with van der Waals surface area (Å²) >= 11 is 1.10. The van der Waals surface area contributed by atoms with Crippen LogP contribution in [0, 0.1) is 5.41 Å². The van der Waals surface area contributed by atoms with E-state index < -0.39 is 43.8 Å². The van der Waals surface area contributed by atoms with Crippen molar-refractivity contribution < 1.29 is 42.6 Å². The summed E-state index contributed by atoms with van der Waals surface area (Å²) in [4.78, 5) is 46.9. The van der Waals surface area contributed by atoms with E-state index >= 15 is 0 Å². The highest BCUT2D eigenvalue weighted by Crippen LogP contribution is 2.53. The van der Waals surface area contributed by atoms with Gasteiger partial charge >= 0.3 is 13.7 Å². The van der Waals surface area contributed by atoms with Crippen LogP contribution < -0.4 is 15.7 Å². The number of amides is 2. The van der Waals surface area contributed by atoms with E-state index in [1.54, 1.807) is 13.8 Å². The minimum absolute atomic E-state index is 0.00493. The molecule has 3 atom stereocenters. The highest BCUT2D eigenvalue weighted by atomic mass is 32.2. The van der Waals surface area contributed by atoms with Gasteiger partial charge in [0.05, 0.1) is 20.3 Å². The van der Waals surface area contributed by atoms with E-state index in [0.29, 0.717) is 12.3 Å². The molecule has 1 unspecified atom stereocenters. The molecule has 0 aliphatic carbocycles. The maximum absolute atomic E-state index is 12.9. The number of hydrogen-bond donors (Lipinski definition) is 4. The predicted molar refractivity (Wildman–Crippen MR) is 112 cm³/mol. The lowest BCUT2D eigenvalue weighted by molar-refractivity contribution is -0.144. The van der Waals surface area contributed by atoms with E-state index in [1.165, 1.54) is 6.92 Å². The van der Waals surface area contributed by atoms with Gasteiger partial charge in [0.1, 0.15) is 6.04 Å². The molecule has 31 heavy (non-hydrogen) atoms. The fourth-order valence-corrected chi connectivity index (χ4v) is 4.89. The summed E-state index contributed by atoms with van der Waals surface area (Å²) in [7, 11) is -3.00. The molecule has 14 heteroatoms. The summed E-state index contributed by atoms with van der Waals surface area (Å²) in [5.74, 6) is -1.31. The molecule has 12 nitrogen and oxygen atoms in total. The van der Waals surface area contributed by atoms with Crippen LogP contribution in [-0.4, -0.2) is 79.3 Å². The van der Waals surface area contributed by atoms with Gasteiger partial charge in [0.15, 0.2) is 11.2 Å². The summed E-state index contributed by atoms with van der Waals surface area (Å²) in [6, 6.07) is -1.36. The van der Waals surface area contributed by atoms with Crippen LogP contribution in [0.3, 0.4) is 0 Å². The van der Waals surface area contributed by atoms with E-state index in [2.05, 4.69) is 20.5 Å². The second-order valence-corrected chi connectivity index (χ2v) is 10.4. The van der Waals surface area contributed by atoms with Crippen LogP contribution in [-0.2, 0) is 37.5 Å². The summed E-state index contributed by atoms with van der Waals surface area (Å²) in [5.41, 5.74) is -0.855. The number of esters is 1. The Morgan fingerprint density at radius 3 is 2.52 bits per heavy atom. The Hall–Kier alpha value is -1.50. The maximum atomic E-state index is 12.9. The molecule has 1 saturated heterocycles. The van der Waals surface area contributed by atoms with Gasteiger partial charge in [-0.1, -0.05) is 25.6 Å². The Labute approximate surface area is 185 Å². The number of carbonyl (C=O) groups excluding carboxylic acids is 4. The molecule has 0 bridgehead atoms. The van der Waals surface area contributed by atoms with Gasteiger partial charge in [-0.3, -0.25) is 28.2 Å². The molecule has 4 N–H and O–H groups in total. The summed E-state index contributed by atoms with van der Waals surface area (Å²) in [6.07, 6.45) is -1.20. The average molecular weight is 483 g/mol. The monoisotopic (exact) mass is 483 g/mol. The minimum atomic E-state index is -4.10. The Kier molecular flexibility index (Phi) is 11.1. The number of methoxy groups -OCH3 is 1. The van der Waals surface area contributed by atoms with Crippen LogP contribution in [0.15, 0.2) is 0 Å². The maximum Gasteiger partial charge on any atom is 0.407 e. The smallest absolute Gasteiger partial charge is 0.407 e. The molecule has 178 valence electrons. The van der Waals surface area contributed by atoms with Crippen molar-refractivity contribution in [2.75, 3.05) is 39.2 Å². The van der Waals surface area contributed by atoms with Gasteiger partial charge in [-0.25, -0.2) is 9.65 Å². The van der Waals surface area contributed by atoms with Crippen LogP contribution in [0.4, 0.5) is 0 Å². The minimum Gasteiger partial charge on any atom is -0.468 e. The van der Waals surface area contributed by atoms with Crippen molar-refractivity contribution >= 4 is 42.4 Å². The summed E-state index contributed by atoms with van der Waals surface area (Å²) in [5, 5.41) is 16.7. The Balaban J connectivity index is 2.60. The quantitative estimate of drug-likeness (QED) is 0.171. The third-order valence-electron chi connectivity index (χ3n) is 4.16. The van der Waals surface area contributed by atoms with Crippen LogP contribution in [0.2, 0.25) is 0 Å². The number of ether oxygens (including phenoxy) is 1. The van der Waals surface area contributed by atoms with E-state index in [4.69, 9.17) is 9.05 Å². The van der Waals surface area contributed by atoms with Crippen LogP contribution in [0.5, 0.6) is 0 Å². The number of hydrogen-bond acceptors (Lipinski definition) is 10. The van der Waals surface area contributed by atoms with Gasteiger partial charge < -0.3 is 20.5 Å². The van der Waals surface area contributed by atoms with Gasteiger partial charge in [-0.2, -0.15) is 0 Å². The highest BCUT2D eigenvalue weighted by Gasteiger charge is 2.49. The number of aliphatic hydroxyl groups is 1. The molecule has 1 heterocycles. The molecule has 0 radical (unpaired) electrons. The van der Waals surface area contributed by atoms with E-state index in [1.807, 2.05) is 0 Å². The highest BCUT2D eigenvalue weighted by molar-refractivity contribution is 8.13. The van der Waals surface area contributed by atoms with Gasteiger partial charge in [-0.05, 0) is 0 Å². The van der Waals surface area contributed by atoms with E-state index in [9.17, 15) is 28.8 Å². The Morgan fingerprint density at radius 1 is 1.26 bits per heavy atom. The molecular formula is C17H30N3O9PS. The average Bonchev–Trinajstić information content (AvgIpc) is 2.70. The second-order valence-electron chi connectivity index (χ2n) is 7.36. The zero-order valence-electron chi connectivity index (χ0n) is 18.0. The van der Waals surface area contributed by atoms with Gasteiger partial charge in [0.25, 0.3) is 0 Å². The summed E-state index contributed by atoms with van der Waals surface area (Å²) in [6.45, 7) is 4.28. The Bertz CT molecular complexity index is 719. The van der Waals surface area contributed by atoms with Crippen molar-refractivity contribution in [2.24, 2.45) is 5.41 Å². The van der Waals surface area contributed by atoms with E-state index in [-0.39, 0.29) is 30.6 Å². The van der Waals surface area contributed by atoms with Crippen LogP contribution in [0.1, 0.15) is 27.2 Å². The van der Waals surface area contributed by atoms with Crippen molar-refractivity contribution in [1.82, 2.24) is 15.7 Å². The van der Waals surface area contributed by atoms with Crippen LogP contribution >= 0.6 is 19.5 Å². The third-order valence-corrected chi connectivity index (χ3v) is 6.56. The zero-order valence-corrected chi connectivity index (χ0v) is 19.7. The van der Waals surface area contributed by atoms with Crippen molar-refractivity contribution in [2.45, 2.75) is 39.3 Å². The molecule has 1 aliphatic heterocycles. The SMILES string of the molecule is COC(=O)[C@H](CO)NP1(=O)OCC(C)(C)[C@H](C(=O)NCCC(=O)NCCSC(C)=O)O1. The molecule has 0 aromatic heterocycles. The molecule has 1 aliphatic rings. The first-order chi connectivity index (χ1) is 14.4. The lowest BCUT2D eigenvalue weighted by Gasteiger charge is -2.40. The summed E-state index contributed by atoms with van der Waals surface area (Å²) < 4.78 is 28.0. The van der Waals surface area contributed by atoms with Gasteiger partial charge in [-0.15, -0.1) is 0 Å². The number of nitrogens with one attached hydrogen (secondary N) is 3. The predicted octanol–water partition coefficient (Wildman–Crippen LogP) is -0.438. The van der Waals surface area contributed by atoms with E-state index in [0.717, 1.165) is 18.9 Å². The number of rotatable bonds is 11. The Morgan fingerprint density at radius 2 is 1.94 bits per heavy atom. The first-order valence-electron chi connectivity index (χ1n) is 9.51. The molecule has 1 fully saturated rings. The fraction of sp³-hybridized carbons (Fsp3) is 0.765. The number of aliphatic hydroxyl groups excluding tert-OH is 1. The van der Waals surface area contributed by atoms with Crippen LogP contribution in [0.25, 0.3) is 0 Å². The number of thioether (sulfide) groups is 1. The largest absolute Gasteiger partial charge is 0.468 e. The van der Waals surface area contributed by atoms with Crippen molar-refractivity contribution in [1.29, 1.82) is 0 Å². The van der Waals surface area contributed by atoms with Crippen molar-refractivity contribution in [3.8, 4) is 0 Å². The normalized spacial score (nSPS) is 23.5. The lowest BCUT2D eigenvalue weighted by atomic mass is 9.87. The topological polar surface area (TPSA) is 169 Å². The molecule has 0 saturated carbocycles. The first kappa shape index (κ1) is 27.5. The first-order valence-corrected chi connectivity index (χ1v) is 12.0. The van der Waals surface area contributed by atoms with Gasteiger partial charge in [0, 0.05) is 37.6 Å². The third kappa shape index (κ3) is 9.26. The molecule has 0 aromatic carbocycles. The number of carbonyl (C=O) groups is 4. The standard InChI is InChI=1S/C17H30N3O9PS/c1-11(22)31-8-7-18-13(23)5-6-19-15(24)14-17(2,3)10-28-30(26,29-14)20-12(9-21)16(25)27-4/h12,14,21H,5-10H2,1-4H3,(H,18,23)(H,19,24)(H,20,26)/t12-,14-,30?/m0/s1. The second kappa shape index (κ2) is 12.5. The molecular weight excluding hydrogens is 453 g/mol. The van der Waals surface area contributed by atoms with Crippen molar-refractivity contribution in [3.63, 3.8) is 0 Å². The molecule has 0 aromatic rings. The lowest BCUT2D eigenvalue weighted by Crippen LogP contribution is -2.52. The van der Waals surface area contributed by atoms with Crippen molar-refractivity contribution in [3.05, 3.63) is 0 Å². The van der Waals surface area contributed by atoms with Gasteiger partial charge in [0.2, 0.25) is 11.8 Å². The molecule has 1 rings (SSSR count). The fourth-order valence-electron chi connectivity index (χ4n) is 2.48.